The molecule has 0 bridgehead atoms. The van der Waals surface area contributed by atoms with Crippen LogP contribution in [0.15, 0.2) is 24.3 Å². The zero-order valence-electron chi connectivity index (χ0n) is 59.9. The van der Waals surface area contributed by atoms with E-state index in [4.69, 9.17) is 5.73 Å². The number of rotatable bonds is 39. The van der Waals surface area contributed by atoms with Gasteiger partial charge in [-0.1, -0.05) is 91.7 Å². The Morgan fingerprint density at radius 2 is 1.41 bits per heavy atom. The number of phenols is 1. The molecule has 1 aromatic carbocycles. The Bertz CT molecular complexity index is 2820. The van der Waals surface area contributed by atoms with Crippen molar-refractivity contribution in [3.8, 4) is 5.75 Å². The highest BCUT2D eigenvalue weighted by Gasteiger charge is 2.49. The SMILES string of the molecule is CC[C@H](C)C[C@H](C)CCCCCCCCC(=O)C[C@H]1C[C@@H](O)[C@@H](NCCN)NC(=O)[C@@H]2[C@@H](O)CCN2C(=O)[C@H]([C@H](O)CCNC(=O)[C@H](CO)CC(=O)[C@H](CC(C)C)NC(=O)[C@@H](CC=O)CCSC)NC(=O)[C@H]([C@H](O)[C@@H](O)c2ccc(O)cc2)CC(=O)[C@@H]2C[C@@H](O)CN2C(=O)[C@H]([C@@H](C)O)NC1=O. The summed E-state index contributed by atoms with van der Waals surface area (Å²) in [5, 5.41) is 118. The lowest BCUT2D eigenvalue weighted by Crippen LogP contribution is -2.63. The molecule has 0 spiro atoms. The van der Waals surface area contributed by atoms with E-state index >= 15 is 9.59 Å². The number of nitrogens with one attached hydrogen (secondary N) is 6. The number of amides is 7. The van der Waals surface area contributed by atoms with Gasteiger partial charge in [0.2, 0.25) is 41.4 Å². The Hall–Kier alpha value is -6.06. The molecule has 0 radical (unpaired) electrons. The van der Waals surface area contributed by atoms with Gasteiger partial charge in [0.25, 0.3) is 0 Å². The third-order valence-corrected chi connectivity index (χ3v) is 20.3. The zero-order valence-corrected chi connectivity index (χ0v) is 60.7. The smallest absolute Gasteiger partial charge is 0.248 e. The molecule has 0 aliphatic carbocycles. The first-order valence-corrected chi connectivity index (χ1v) is 37.5. The minimum atomic E-state index is -2.30. The molecule has 30 heteroatoms. The van der Waals surface area contributed by atoms with Crippen molar-refractivity contribution in [3.05, 3.63) is 29.8 Å². The van der Waals surface area contributed by atoms with Gasteiger partial charge in [-0.3, -0.25) is 53.3 Å². The quantitative estimate of drug-likeness (QED) is 0.0307. The van der Waals surface area contributed by atoms with Crippen LogP contribution in [-0.4, -0.2) is 245 Å². The van der Waals surface area contributed by atoms with Crippen molar-refractivity contribution >= 4 is 76.7 Å². The number of fused-ring (bicyclic) bond motifs is 2. The highest BCUT2D eigenvalue weighted by atomic mass is 32.2. The second-order valence-corrected chi connectivity index (χ2v) is 29.5. The normalized spacial score (nSPS) is 25.6. The highest BCUT2D eigenvalue weighted by Crippen LogP contribution is 2.32. The molecular formula is C71H117N9O20S. The van der Waals surface area contributed by atoms with Crippen LogP contribution in [0.3, 0.4) is 0 Å². The minimum absolute atomic E-state index is 0.0399. The molecule has 3 aliphatic rings. The van der Waals surface area contributed by atoms with Crippen molar-refractivity contribution in [2.24, 2.45) is 47.2 Å². The average Bonchev–Trinajstić information content (AvgIpc) is 1.72. The molecule has 17 N–H and O–H groups in total. The highest BCUT2D eigenvalue weighted by molar-refractivity contribution is 7.98. The molecule has 3 heterocycles. The summed E-state index contributed by atoms with van der Waals surface area (Å²) < 4.78 is 0. The van der Waals surface area contributed by atoms with Crippen LogP contribution in [-0.2, 0) is 52.7 Å². The lowest BCUT2D eigenvalue weighted by Gasteiger charge is -2.35. The molecule has 3 fully saturated rings. The number of carbonyl (C=O) groups excluding carboxylic acids is 11. The fourth-order valence-corrected chi connectivity index (χ4v) is 14.0. The van der Waals surface area contributed by atoms with Crippen molar-refractivity contribution in [2.75, 3.05) is 51.3 Å². The van der Waals surface area contributed by atoms with Crippen LogP contribution in [0.25, 0.3) is 0 Å². The Morgan fingerprint density at radius 1 is 0.752 bits per heavy atom. The van der Waals surface area contributed by atoms with E-state index in [9.17, 15) is 89.1 Å². The van der Waals surface area contributed by atoms with E-state index in [1.54, 1.807) is 13.8 Å². The largest absolute Gasteiger partial charge is 0.508 e. The molecule has 572 valence electrons. The maximum absolute atomic E-state index is 15.3. The number of aliphatic hydroxyl groups is 8. The number of hydrogen-bond acceptors (Lipinski definition) is 23. The van der Waals surface area contributed by atoms with Gasteiger partial charge in [0, 0.05) is 83.1 Å². The first-order chi connectivity index (χ1) is 47.9. The lowest BCUT2D eigenvalue weighted by atomic mass is 9.86. The van der Waals surface area contributed by atoms with Gasteiger partial charge in [-0.05, 0) is 99.3 Å². The standard InChI is InChI=1S/C71H117N9O20S/c1-8-41(4)32-42(5)15-13-11-9-10-12-14-16-49(85)33-46-34-58(91)64(73-27-25-72)78-69(98)61-55(88)22-28-79(61)71(100)60(54(87)21-26-74-65(94)47(39-82)35-56(89)52(31-40(2)3)75-66(95)45(23-29-81)24-30-101-7)77-68(97)51(63(93)62(92)44-17-19-48(84)20-18-44)37-57(90)53-36-50(86)38-80(53)70(99)59(43(6)83)76-67(46)96/h17-20,29,40-43,45-47,50-55,58-64,73,82-84,86-88,91-93H,8-16,21-28,30-39,72H2,1-7H3,(H,74,94)(H,75,95)(H,76,96)(H,77,97)(H,78,98)/t41-,42+,43+,45-,46-,47-,50+,51-,52-,53-,54+,55-,58+,59-,60-,61-,62-,63-,64-/m0/s1. The molecule has 29 nitrogen and oxygen atoms in total. The number of aldehydes is 1. The van der Waals surface area contributed by atoms with Crippen molar-refractivity contribution in [2.45, 2.75) is 249 Å². The molecule has 0 aromatic heterocycles. The monoisotopic (exact) mass is 1450 g/mol. The number of hydrogen-bond donors (Lipinski definition) is 16. The Balaban J connectivity index is 1.77. The minimum Gasteiger partial charge on any atom is -0.508 e. The van der Waals surface area contributed by atoms with E-state index < -0.39 is 220 Å². The summed E-state index contributed by atoms with van der Waals surface area (Å²) in [6.45, 7) is 8.90. The Morgan fingerprint density at radius 3 is 2.03 bits per heavy atom. The van der Waals surface area contributed by atoms with Gasteiger partial charge in [-0.25, -0.2) is 0 Å². The molecular weight excluding hydrogens is 1330 g/mol. The van der Waals surface area contributed by atoms with Gasteiger partial charge < -0.3 is 92.9 Å². The number of carbonyl (C=O) groups is 11. The van der Waals surface area contributed by atoms with E-state index in [-0.39, 0.29) is 61.8 Å². The third-order valence-electron chi connectivity index (χ3n) is 19.7. The topological polar surface area (TPSA) is 475 Å². The van der Waals surface area contributed by atoms with Gasteiger partial charge in [0.05, 0.1) is 67.2 Å². The average molecular weight is 1450 g/mol. The molecule has 3 saturated heterocycles. The summed E-state index contributed by atoms with van der Waals surface area (Å²) in [6.07, 6.45) is -7.31. The van der Waals surface area contributed by atoms with E-state index in [1.165, 1.54) is 30.3 Å². The number of benzene rings is 1. The van der Waals surface area contributed by atoms with Crippen molar-refractivity contribution < 1.29 is 98.7 Å². The maximum Gasteiger partial charge on any atom is 0.248 e. The number of aliphatic hydroxyl groups excluding tert-OH is 8. The predicted octanol–water partition coefficient (Wildman–Crippen LogP) is 0.0837. The van der Waals surface area contributed by atoms with Crippen molar-refractivity contribution in [3.63, 3.8) is 0 Å². The van der Waals surface area contributed by atoms with Gasteiger partial charge >= 0.3 is 0 Å². The number of Topliss-reactive ketones (excluding diaryl/α,β-unsaturated/α-hetero) is 3. The van der Waals surface area contributed by atoms with Gasteiger partial charge in [0.1, 0.15) is 48.2 Å². The molecule has 1 aromatic rings. The van der Waals surface area contributed by atoms with Crippen LogP contribution in [0.1, 0.15) is 182 Å². The summed E-state index contributed by atoms with van der Waals surface area (Å²) in [7, 11) is 0. The molecule has 101 heavy (non-hydrogen) atoms. The molecule has 7 amide bonds. The Kier molecular flexibility index (Phi) is 38.5. The van der Waals surface area contributed by atoms with Crippen LogP contribution in [0.5, 0.6) is 5.75 Å². The van der Waals surface area contributed by atoms with Crippen molar-refractivity contribution in [1.29, 1.82) is 0 Å². The summed E-state index contributed by atoms with van der Waals surface area (Å²) in [5.74, 6) is -13.7. The number of thioether (sulfide) groups is 1. The van der Waals surface area contributed by atoms with Crippen LogP contribution >= 0.6 is 11.8 Å². The molecule has 4 rings (SSSR count). The molecule has 0 unspecified atom stereocenters. The van der Waals surface area contributed by atoms with E-state index in [0.717, 1.165) is 67.4 Å². The second kappa shape index (κ2) is 44.6. The van der Waals surface area contributed by atoms with Gasteiger partial charge in [-0.15, -0.1) is 0 Å². The first-order valence-electron chi connectivity index (χ1n) is 36.1. The maximum atomic E-state index is 15.3. The first kappa shape index (κ1) is 87.3. The molecule has 19 atom stereocenters. The van der Waals surface area contributed by atoms with Gasteiger partial charge in [0.15, 0.2) is 11.6 Å². The zero-order chi connectivity index (χ0) is 75.2. The fraction of sp³-hybridized carbons (Fsp3) is 0.761. The number of nitrogens with two attached hydrogens (primary N) is 1. The van der Waals surface area contributed by atoms with Crippen LogP contribution in [0, 0.1) is 41.4 Å². The van der Waals surface area contributed by atoms with Crippen LogP contribution in [0.2, 0.25) is 0 Å². The summed E-state index contributed by atoms with van der Waals surface area (Å²) in [6, 6.07) is -4.05. The predicted molar refractivity (Wildman–Crippen MR) is 375 cm³/mol. The number of ketones is 3. The van der Waals surface area contributed by atoms with E-state index in [1.807, 2.05) is 6.26 Å². The van der Waals surface area contributed by atoms with Gasteiger partial charge in [-0.2, -0.15) is 11.8 Å². The van der Waals surface area contributed by atoms with E-state index in [2.05, 4.69) is 52.7 Å². The Labute approximate surface area is 597 Å². The summed E-state index contributed by atoms with van der Waals surface area (Å²) in [4.78, 5) is 158. The number of aromatic hydroxyl groups is 1. The fourth-order valence-electron chi connectivity index (χ4n) is 13.5. The number of unbranched alkanes of at least 4 members (excludes halogenated alkanes) is 5. The number of phenolic OH excluding ortho intramolecular Hbond substituents is 1. The molecule has 0 saturated carbocycles. The lowest BCUT2D eigenvalue weighted by molar-refractivity contribution is -0.149. The van der Waals surface area contributed by atoms with Crippen molar-refractivity contribution in [1.82, 2.24) is 41.7 Å². The second-order valence-electron chi connectivity index (χ2n) is 28.5. The van der Waals surface area contributed by atoms with Crippen LogP contribution < -0.4 is 37.6 Å². The summed E-state index contributed by atoms with van der Waals surface area (Å²) in [5.41, 5.74) is 5.78. The molecule has 3 aliphatic heterocycles. The summed E-state index contributed by atoms with van der Waals surface area (Å²) >= 11 is 1.47. The van der Waals surface area contributed by atoms with E-state index in [0.29, 0.717) is 43.1 Å². The van der Waals surface area contributed by atoms with Crippen LogP contribution in [0.4, 0.5) is 0 Å². The number of nitrogens with zero attached hydrogens (tertiary/aromatic N) is 2. The third kappa shape index (κ3) is 27.8.